The Morgan fingerprint density at radius 1 is 0.843 bits per heavy atom. The number of nitrogens with zero attached hydrogens (tertiary/aromatic N) is 6. The van der Waals surface area contributed by atoms with Crippen molar-refractivity contribution < 1.29 is 9.55 Å². The monoisotopic (exact) mass is 660 g/mol. The SMILES string of the molecule is C=C(C)c1c(C=CC)c2cc(-c3ccccc3C3=C(c4nc(-c5cc#[n+]cc5)nc(-c5ccncc5)n4)C=CCC3)ccc2c2c1ccc[n+]2C. The van der Waals surface area contributed by atoms with Crippen molar-refractivity contribution in [1.82, 2.24) is 19.9 Å². The molecule has 4 heterocycles. The zero-order chi connectivity index (χ0) is 34.9. The third-order valence-corrected chi connectivity index (χ3v) is 9.47. The number of aromatic nitrogens is 6. The van der Waals surface area contributed by atoms with Crippen LogP contribution in [0, 0.1) is 6.20 Å². The van der Waals surface area contributed by atoms with Crippen LogP contribution >= 0.6 is 0 Å². The molecule has 0 saturated carbocycles. The Morgan fingerprint density at radius 3 is 2.39 bits per heavy atom. The molecule has 6 heteroatoms. The highest BCUT2D eigenvalue weighted by Gasteiger charge is 2.23. The van der Waals surface area contributed by atoms with Crippen LogP contribution in [-0.2, 0) is 7.05 Å². The first-order valence-electron chi connectivity index (χ1n) is 17.2. The molecule has 0 N–H and O–H groups in total. The molecule has 0 fully saturated rings. The van der Waals surface area contributed by atoms with Crippen molar-refractivity contribution in [2.45, 2.75) is 26.7 Å². The van der Waals surface area contributed by atoms with Gasteiger partial charge in [0.2, 0.25) is 5.52 Å². The molecule has 3 aromatic carbocycles. The highest BCUT2D eigenvalue weighted by atomic mass is 15.0. The fourth-order valence-corrected chi connectivity index (χ4v) is 7.23. The molecule has 6 nitrogen and oxygen atoms in total. The normalized spacial score (nSPS) is 12.9. The zero-order valence-corrected chi connectivity index (χ0v) is 28.9. The highest BCUT2D eigenvalue weighted by molar-refractivity contribution is 6.14. The molecule has 0 aliphatic heterocycles. The molecule has 0 amide bonds. The maximum atomic E-state index is 5.06. The second-order valence-corrected chi connectivity index (χ2v) is 12.8. The maximum absolute atomic E-state index is 5.06. The fourth-order valence-electron chi connectivity index (χ4n) is 7.23. The van der Waals surface area contributed by atoms with E-state index in [1.54, 1.807) is 24.7 Å². The van der Waals surface area contributed by atoms with Gasteiger partial charge in [0.15, 0.2) is 23.7 Å². The maximum Gasteiger partial charge on any atom is 0.312 e. The first-order chi connectivity index (χ1) is 25.0. The predicted molar refractivity (Wildman–Crippen MR) is 206 cm³/mol. The molecule has 244 valence electrons. The van der Waals surface area contributed by atoms with Crippen LogP contribution < -0.4 is 9.55 Å². The van der Waals surface area contributed by atoms with Crippen LogP contribution in [0.3, 0.4) is 0 Å². The van der Waals surface area contributed by atoms with E-state index in [0.29, 0.717) is 17.5 Å². The summed E-state index contributed by atoms with van der Waals surface area (Å²) < 4.78 is 2.22. The largest absolute Gasteiger partial charge is 0.312 e. The summed E-state index contributed by atoms with van der Waals surface area (Å²) in [5.74, 6) is 1.79. The van der Waals surface area contributed by atoms with Gasteiger partial charge in [0.25, 0.3) is 0 Å². The Labute approximate surface area is 298 Å². The van der Waals surface area contributed by atoms with Crippen molar-refractivity contribution in [3.63, 3.8) is 0 Å². The lowest BCUT2D eigenvalue weighted by Gasteiger charge is -2.20. The Balaban J connectivity index is 1.36. The van der Waals surface area contributed by atoms with Gasteiger partial charge >= 0.3 is 12.4 Å². The smallest absolute Gasteiger partial charge is 0.265 e. The number of benzene rings is 3. The number of hydrogen-bond acceptors (Lipinski definition) is 4. The number of pyridine rings is 2. The molecule has 0 radical (unpaired) electrons. The average molecular weight is 661 g/mol. The lowest BCUT2D eigenvalue weighted by atomic mass is 9.85. The van der Waals surface area contributed by atoms with Gasteiger partial charge in [-0.1, -0.05) is 61.2 Å². The molecule has 1 aliphatic carbocycles. The van der Waals surface area contributed by atoms with E-state index in [1.165, 1.54) is 43.9 Å². The Morgan fingerprint density at radius 2 is 1.63 bits per heavy atom. The third kappa shape index (κ3) is 5.79. The lowest BCUT2D eigenvalue weighted by molar-refractivity contribution is -0.644. The summed E-state index contributed by atoms with van der Waals surface area (Å²) in [6, 6.07) is 27.5. The standard InChI is InChI=1S/C45H36N6/c1-5-11-36-40-28-32(17-18-37(40)42-39(41(36)29(2)3)16-10-27-51(42)4)33-12-6-7-13-34(33)35-14-8-9-15-38(35)45-49-43(30-19-23-46-24-20-30)48-44(50-45)31-21-25-47-26-22-31/h5-7,9-13,15-25,27-28H,2,8,14H2,1,3-4H3/q+2. The van der Waals surface area contributed by atoms with Crippen LogP contribution in [-0.4, -0.2) is 19.9 Å². The van der Waals surface area contributed by atoms with Crippen LogP contribution in [0.4, 0.5) is 0 Å². The van der Waals surface area contributed by atoms with E-state index < -0.39 is 0 Å². The number of aryl methyl sites for hydroxylation is 1. The summed E-state index contributed by atoms with van der Waals surface area (Å²) >= 11 is 0. The van der Waals surface area contributed by atoms with Crippen LogP contribution in [0.15, 0.2) is 128 Å². The van der Waals surface area contributed by atoms with Crippen LogP contribution in [0.2, 0.25) is 0 Å². The van der Waals surface area contributed by atoms with Crippen molar-refractivity contribution in [2.75, 3.05) is 0 Å². The van der Waals surface area contributed by atoms with Crippen molar-refractivity contribution in [3.8, 4) is 33.9 Å². The van der Waals surface area contributed by atoms with Crippen molar-refractivity contribution in [3.05, 3.63) is 157 Å². The fraction of sp³-hybridized carbons (Fsp3) is 0.111. The molecular weight excluding hydrogens is 625 g/mol. The van der Waals surface area contributed by atoms with Crippen LogP contribution in [0.5, 0.6) is 0 Å². The van der Waals surface area contributed by atoms with Crippen molar-refractivity contribution >= 4 is 44.5 Å². The van der Waals surface area contributed by atoms with E-state index in [-0.39, 0.29) is 0 Å². The first kappa shape index (κ1) is 31.7. The Bertz CT molecular complexity index is 2510. The molecule has 0 unspecified atom stereocenters. The number of allylic oxidation sites excluding steroid dienone is 6. The zero-order valence-electron chi connectivity index (χ0n) is 28.9. The third-order valence-electron chi connectivity index (χ3n) is 9.47. The molecule has 0 saturated heterocycles. The Hall–Kier alpha value is -6.58. The van der Waals surface area contributed by atoms with Gasteiger partial charge < -0.3 is 0 Å². The molecule has 7 aromatic rings. The summed E-state index contributed by atoms with van der Waals surface area (Å²) in [5, 5.41) is 3.61. The molecule has 4 aromatic heterocycles. The summed E-state index contributed by atoms with van der Waals surface area (Å²) in [6.45, 7) is 8.60. The van der Waals surface area contributed by atoms with Crippen molar-refractivity contribution in [2.24, 2.45) is 7.05 Å². The minimum atomic E-state index is 0.573. The van der Waals surface area contributed by atoms with Gasteiger partial charge in [-0.15, -0.1) is 0 Å². The quantitative estimate of drug-likeness (QED) is 0.126. The molecule has 0 spiro atoms. The van der Waals surface area contributed by atoms with Gasteiger partial charge in [0, 0.05) is 41.2 Å². The summed E-state index contributed by atoms with van der Waals surface area (Å²) in [5.41, 5.74) is 12.0. The predicted octanol–water partition coefficient (Wildman–Crippen LogP) is 9.13. The molecule has 51 heavy (non-hydrogen) atoms. The van der Waals surface area contributed by atoms with Gasteiger partial charge in [0.05, 0.1) is 16.8 Å². The minimum Gasteiger partial charge on any atom is -0.265 e. The van der Waals surface area contributed by atoms with Gasteiger partial charge in [-0.05, 0) is 106 Å². The van der Waals surface area contributed by atoms with Gasteiger partial charge in [0.1, 0.15) is 7.05 Å². The topological polar surface area (TPSA) is 69.5 Å². The first-order valence-corrected chi connectivity index (χ1v) is 17.2. The van der Waals surface area contributed by atoms with Crippen LogP contribution in [0.1, 0.15) is 49.2 Å². The van der Waals surface area contributed by atoms with E-state index in [2.05, 4.69) is 133 Å². The van der Waals surface area contributed by atoms with Crippen LogP contribution in [0.25, 0.3) is 78.4 Å². The lowest BCUT2D eigenvalue weighted by Crippen LogP contribution is -2.28. The van der Waals surface area contributed by atoms with E-state index in [4.69, 9.17) is 15.0 Å². The summed E-state index contributed by atoms with van der Waals surface area (Å²) in [4.78, 5) is 23.3. The van der Waals surface area contributed by atoms with E-state index in [0.717, 1.165) is 46.2 Å². The minimum absolute atomic E-state index is 0.573. The second kappa shape index (κ2) is 13.4. The summed E-state index contributed by atoms with van der Waals surface area (Å²) in [6.07, 6.45) is 20.8. The number of rotatable bonds is 7. The number of hydrogen-bond donors (Lipinski definition) is 0. The second-order valence-electron chi connectivity index (χ2n) is 12.8. The van der Waals surface area contributed by atoms with E-state index >= 15 is 0 Å². The average Bonchev–Trinajstić information content (AvgIpc) is 3.18. The van der Waals surface area contributed by atoms with Gasteiger partial charge in [-0.2, -0.15) is 0 Å². The molecule has 0 bridgehead atoms. The number of fused-ring (bicyclic) bond motifs is 3. The molecule has 0 atom stereocenters. The Kier molecular flexibility index (Phi) is 8.31. The molecular formula is C45H36N6+2. The molecule has 1 aliphatic rings. The highest BCUT2D eigenvalue weighted by Crippen LogP contribution is 2.42. The van der Waals surface area contributed by atoms with Gasteiger partial charge in [-0.25, -0.2) is 19.5 Å². The van der Waals surface area contributed by atoms with E-state index in [1.807, 2.05) is 18.2 Å². The summed E-state index contributed by atoms with van der Waals surface area (Å²) in [7, 11) is 2.12. The van der Waals surface area contributed by atoms with E-state index in [9.17, 15) is 0 Å². The molecule has 8 rings (SSSR count). The van der Waals surface area contributed by atoms with Gasteiger partial charge in [-0.3, -0.25) is 4.98 Å². The van der Waals surface area contributed by atoms with Crippen molar-refractivity contribution in [1.29, 1.82) is 0 Å².